The molecular formula is C10H14O. The van der Waals surface area contributed by atoms with Crippen LogP contribution in [0.1, 0.15) is 38.5 Å². The average molecular weight is 150 g/mol. The Labute approximate surface area is 67.5 Å². The first kappa shape index (κ1) is 7.08. The third kappa shape index (κ3) is 1.24. The van der Waals surface area contributed by atoms with E-state index in [0.717, 1.165) is 19.3 Å². The van der Waals surface area contributed by atoms with E-state index < -0.39 is 0 Å². The summed E-state index contributed by atoms with van der Waals surface area (Å²) in [5, 5.41) is 0. The van der Waals surface area contributed by atoms with Gasteiger partial charge in [0.1, 0.15) is 5.78 Å². The molecule has 1 heteroatoms. The van der Waals surface area contributed by atoms with Gasteiger partial charge in [-0.3, -0.25) is 4.79 Å². The van der Waals surface area contributed by atoms with Gasteiger partial charge in [-0.15, -0.1) is 0 Å². The van der Waals surface area contributed by atoms with Crippen LogP contribution in [0.15, 0.2) is 11.6 Å². The van der Waals surface area contributed by atoms with Gasteiger partial charge < -0.3 is 0 Å². The Bertz CT molecular complexity index is 203. The normalized spacial score (nSPS) is 31.1. The molecule has 0 radical (unpaired) electrons. The van der Waals surface area contributed by atoms with Gasteiger partial charge in [0.05, 0.1) is 0 Å². The molecule has 0 bridgehead atoms. The third-order valence-electron chi connectivity index (χ3n) is 2.83. The molecule has 0 saturated heterocycles. The topological polar surface area (TPSA) is 17.1 Å². The van der Waals surface area contributed by atoms with Gasteiger partial charge in [-0.2, -0.15) is 0 Å². The highest BCUT2D eigenvalue weighted by Crippen LogP contribution is 2.33. The van der Waals surface area contributed by atoms with Crippen molar-refractivity contribution in [2.45, 2.75) is 38.5 Å². The lowest BCUT2D eigenvalue weighted by Gasteiger charge is -2.27. The van der Waals surface area contributed by atoms with Crippen LogP contribution < -0.4 is 0 Å². The largest absolute Gasteiger partial charge is 0.299 e. The van der Waals surface area contributed by atoms with Gasteiger partial charge in [0.2, 0.25) is 0 Å². The summed E-state index contributed by atoms with van der Waals surface area (Å²) >= 11 is 0. The zero-order valence-corrected chi connectivity index (χ0v) is 6.81. The number of carbonyl (C=O) groups excluding carboxylic acids is 1. The number of rotatable bonds is 0. The molecule has 11 heavy (non-hydrogen) atoms. The van der Waals surface area contributed by atoms with Gasteiger partial charge in [-0.1, -0.05) is 11.6 Å². The van der Waals surface area contributed by atoms with Crippen molar-refractivity contribution in [1.29, 1.82) is 0 Å². The van der Waals surface area contributed by atoms with Crippen molar-refractivity contribution in [3.05, 3.63) is 11.6 Å². The maximum atomic E-state index is 11.4. The molecule has 1 nitrogen and oxygen atoms in total. The first-order valence-electron chi connectivity index (χ1n) is 4.59. The summed E-state index contributed by atoms with van der Waals surface area (Å²) in [6, 6.07) is 0. The van der Waals surface area contributed by atoms with Crippen molar-refractivity contribution in [2.75, 3.05) is 0 Å². The molecule has 0 heterocycles. The van der Waals surface area contributed by atoms with Crippen LogP contribution >= 0.6 is 0 Å². The van der Waals surface area contributed by atoms with Crippen LogP contribution in [0.5, 0.6) is 0 Å². The second-order valence-electron chi connectivity index (χ2n) is 3.58. The summed E-state index contributed by atoms with van der Waals surface area (Å²) < 4.78 is 0. The van der Waals surface area contributed by atoms with Gasteiger partial charge in [-0.05, 0) is 32.1 Å². The maximum Gasteiger partial charge on any atom is 0.140 e. The van der Waals surface area contributed by atoms with Gasteiger partial charge in [0.25, 0.3) is 0 Å². The molecule has 0 aliphatic heterocycles. The van der Waals surface area contributed by atoms with E-state index in [9.17, 15) is 4.79 Å². The predicted molar refractivity (Wildman–Crippen MR) is 44.3 cm³/mol. The molecule has 0 aromatic carbocycles. The van der Waals surface area contributed by atoms with E-state index in [1.54, 1.807) is 0 Å². The van der Waals surface area contributed by atoms with E-state index in [2.05, 4.69) is 6.08 Å². The molecule has 0 N–H and O–H groups in total. The molecular weight excluding hydrogens is 136 g/mol. The fraction of sp³-hybridized carbons (Fsp3) is 0.700. The second-order valence-corrected chi connectivity index (χ2v) is 3.58. The minimum Gasteiger partial charge on any atom is -0.299 e. The summed E-state index contributed by atoms with van der Waals surface area (Å²) in [4.78, 5) is 11.4. The Morgan fingerprint density at radius 3 is 3.00 bits per heavy atom. The highest BCUT2D eigenvalue weighted by Gasteiger charge is 2.27. The van der Waals surface area contributed by atoms with E-state index in [0.29, 0.717) is 11.7 Å². The Morgan fingerprint density at radius 1 is 1.27 bits per heavy atom. The lowest BCUT2D eigenvalue weighted by Crippen LogP contribution is -2.23. The minimum atomic E-state index is 0.345. The number of Topliss-reactive ketones (excluding diaryl/α,β-unsaturated/α-hetero) is 1. The molecule has 0 amide bonds. The van der Waals surface area contributed by atoms with Crippen LogP contribution in [0.2, 0.25) is 0 Å². The Balaban J connectivity index is 2.20. The fourth-order valence-corrected chi connectivity index (χ4v) is 2.22. The Kier molecular flexibility index (Phi) is 1.80. The first-order valence-corrected chi connectivity index (χ1v) is 4.59. The van der Waals surface area contributed by atoms with Crippen LogP contribution in [0.4, 0.5) is 0 Å². The summed E-state index contributed by atoms with van der Waals surface area (Å²) in [5.41, 5.74) is 1.45. The number of ketones is 1. The Morgan fingerprint density at radius 2 is 2.18 bits per heavy atom. The smallest absolute Gasteiger partial charge is 0.140 e. The van der Waals surface area contributed by atoms with E-state index in [4.69, 9.17) is 0 Å². The quantitative estimate of drug-likeness (QED) is 0.485. The molecule has 2 aliphatic rings. The molecule has 1 fully saturated rings. The zero-order chi connectivity index (χ0) is 7.68. The van der Waals surface area contributed by atoms with E-state index >= 15 is 0 Å². The van der Waals surface area contributed by atoms with Crippen molar-refractivity contribution in [2.24, 2.45) is 5.92 Å². The van der Waals surface area contributed by atoms with Gasteiger partial charge in [-0.25, -0.2) is 0 Å². The SMILES string of the molecule is O=C1CCCC2=CCCCC12. The molecule has 1 unspecified atom stereocenters. The molecule has 0 aromatic heterocycles. The molecule has 0 spiro atoms. The Hall–Kier alpha value is -0.590. The summed E-state index contributed by atoms with van der Waals surface area (Å²) in [6.45, 7) is 0. The van der Waals surface area contributed by atoms with Crippen LogP contribution in [0.25, 0.3) is 0 Å². The zero-order valence-electron chi connectivity index (χ0n) is 6.81. The number of allylic oxidation sites excluding steroid dienone is 2. The van der Waals surface area contributed by atoms with Crippen molar-refractivity contribution in [3.8, 4) is 0 Å². The molecule has 0 aromatic rings. The lowest BCUT2D eigenvalue weighted by atomic mass is 9.77. The maximum absolute atomic E-state index is 11.4. The average Bonchev–Trinajstić information content (AvgIpc) is 2.06. The highest BCUT2D eigenvalue weighted by atomic mass is 16.1. The van der Waals surface area contributed by atoms with E-state index in [-0.39, 0.29) is 0 Å². The predicted octanol–water partition coefficient (Wildman–Crippen LogP) is 2.47. The lowest BCUT2D eigenvalue weighted by molar-refractivity contribution is -0.123. The summed E-state index contributed by atoms with van der Waals surface area (Å²) in [5.74, 6) is 0.847. The van der Waals surface area contributed by atoms with Crippen LogP contribution in [-0.2, 0) is 4.79 Å². The van der Waals surface area contributed by atoms with Gasteiger partial charge >= 0.3 is 0 Å². The van der Waals surface area contributed by atoms with Crippen molar-refractivity contribution in [3.63, 3.8) is 0 Å². The number of hydrogen-bond acceptors (Lipinski definition) is 1. The third-order valence-corrected chi connectivity index (χ3v) is 2.83. The van der Waals surface area contributed by atoms with Crippen molar-refractivity contribution < 1.29 is 4.79 Å². The molecule has 2 aliphatic carbocycles. The van der Waals surface area contributed by atoms with Crippen LogP contribution in [-0.4, -0.2) is 5.78 Å². The van der Waals surface area contributed by atoms with Crippen molar-refractivity contribution in [1.82, 2.24) is 0 Å². The summed E-state index contributed by atoms with van der Waals surface area (Å²) in [7, 11) is 0. The van der Waals surface area contributed by atoms with Crippen LogP contribution in [0.3, 0.4) is 0 Å². The second kappa shape index (κ2) is 2.80. The van der Waals surface area contributed by atoms with Gasteiger partial charge in [0.15, 0.2) is 0 Å². The number of fused-ring (bicyclic) bond motifs is 1. The number of carbonyl (C=O) groups is 1. The van der Waals surface area contributed by atoms with Crippen molar-refractivity contribution >= 4 is 5.78 Å². The summed E-state index contributed by atoms with van der Waals surface area (Å²) in [6.07, 6.45) is 8.98. The van der Waals surface area contributed by atoms with E-state index in [1.807, 2.05) is 0 Å². The highest BCUT2D eigenvalue weighted by molar-refractivity contribution is 5.84. The minimum absolute atomic E-state index is 0.345. The number of hydrogen-bond donors (Lipinski definition) is 0. The monoisotopic (exact) mass is 150 g/mol. The standard InChI is InChI=1S/C10H14O/c11-10-7-3-5-8-4-1-2-6-9(8)10/h4,9H,1-3,5-7H2. The molecule has 2 rings (SSSR count). The van der Waals surface area contributed by atoms with Crippen LogP contribution in [0, 0.1) is 5.92 Å². The molecule has 60 valence electrons. The fourth-order valence-electron chi connectivity index (χ4n) is 2.22. The first-order chi connectivity index (χ1) is 5.38. The molecule has 1 atom stereocenters. The van der Waals surface area contributed by atoms with E-state index in [1.165, 1.54) is 24.8 Å². The molecule has 1 saturated carbocycles. The van der Waals surface area contributed by atoms with Gasteiger partial charge in [0, 0.05) is 12.3 Å².